The van der Waals surface area contributed by atoms with E-state index in [4.69, 9.17) is 0 Å². The van der Waals surface area contributed by atoms with E-state index in [0.717, 1.165) is 6.42 Å². The van der Waals surface area contributed by atoms with Crippen LogP contribution in [0, 0.1) is 6.92 Å². The molecule has 2 rings (SSSR count). The standard InChI is InChI=1S/C18H22BrN/c1-4-7-14-8-5-9-15(12-14)18(20-3)16-10-6-11-17(19)13(16)2/h5-6,8-12,18,20H,4,7H2,1-3H3. The molecule has 0 spiro atoms. The minimum absolute atomic E-state index is 0.240. The SMILES string of the molecule is CCCc1cccc(C(NC)c2cccc(Br)c2C)c1. The number of hydrogen-bond acceptors (Lipinski definition) is 1. The summed E-state index contributed by atoms with van der Waals surface area (Å²) in [4.78, 5) is 0. The van der Waals surface area contributed by atoms with E-state index in [2.05, 4.69) is 77.6 Å². The summed E-state index contributed by atoms with van der Waals surface area (Å²) in [6, 6.07) is 15.6. The molecule has 0 bridgehead atoms. The fraction of sp³-hybridized carbons (Fsp3) is 0.333. The van der Waals surface area contributed by atoms with Crippen LogP contribution in [0.1, 0.15) is 41.6 Å². The Labute approximate surface area is 130 Å². The number of hydrogen-bond donors (Lipinski definition) is 1. The van der Waals surface area contributed by atoms with Crippen molar-refractivity contribution in [2.24, 2.45) is 0 Å². The van der Waals surface area contributed by atoms with Gasteiger partial charge in [0.2, 0.25) is 0 Å². The molecule has 0 amide bonds. The van der Waals surface area contributed by atoms with Crippen molar-refractivity contribution in [3.05, 3.63) is 69.2 Å². The first-order valence-electron chi connectivity index (χ1n) is 7.18. The van der Waals surface area contributed by atoms with E-state index in [1.165, 1.54) is 33.1 Å². The van der Waals surface area contributed by atoms with E-state index in [-0.39, 0.29) is 6.04 Å². The van der Waals surface area contributed by atoms with Crippen LogP contribution in [-0.2, 0) is 6.42 Å². The number of aryl methyl sites for hydroxylation is 1. The molecule has 2 aromatic rings. The monoisotopic (exact) mass is 331 g/mol. The summed E-state index contributed by atoms with van der Waals surface area (Å²) >= 11 is 3.63. The van der Waals surface area contributed by atoms with Crippen molar-refractivity contribution >= 4 is 15.9 Å². The van der Waals surface area contributed by atoms with Gasteiger partial charge in [-0.2, -0.15) is 0 Å². The third-order valence-corrected chi connectivity index (χ3v) is 4.59. The van der Waals surface area contributed by atoms with Crippen LogP contribution in [0.5, 0.6) is 0 Å². The van der Waals surface area contributed by atoms with Crippen LogP contribution in [0.3, 0.4) is 0 Å². The maximum atomic E-state index is 3.63. The lowest BCUT2D eigenvalue weighted by Crippen LogP contribution is -2.19. The molecule has 0 aromatic heterocycles. The molecule has 1 nitrogen and oxygen atoms in total. The van der Waals surface area contributed by atoms with Gasteiger partial charge in [0.15, 0.2) is 0 Å². The minimum Gasteiger partial charge on any atom is -0.309 e. The van der Waals surface area contributed by atoms with Crippen LogP contribution < -0.4 is 5.32 Å². The molecular formula is C18H22BrN. The Morgan fingerprint density at radius 1 is 1.15 bits per heavy atom. The summed E-state index contributed by atoms with van der Waals surface area (Å²) < 4.78 is 1.17. The van der Waals surface area contributed by atoms with Gasteiger partial charge < -0.3 is 5.32 Å². The quantitative estimate of drug-likeness (QED) is 0.811. The lowest BCUT2D eigenvalue weighted by Gasteiger charge is -2.21. The van der Waals surface area contributed by atoms with Gasteiger partial charge in [-0.3, -0.25) is 0 Å². The van der Waals surface area contributed by atoms with E-state index >= 15 is 0 Å². The molecule has 0 saturated heterocycles. The first-order valence-corrected chi connectivity index (χ1v) is 7.97. The van der Waals surface area contributed by atoms with Crippen LogP contribution in [0.15, 0.2) is 46.9 Å². The Morgan fingerprint density at radius 2 is 1.90 bits per heavy atom. The van der Waals surface area contributed by atoms with Gasteiger partial charge in [0.25, 0.3) is 0 Å². The molecule has 0 saturated carbocycles. The van der Waals surface area contributed by atoms with Gasteiger partial charge in [-0.1, -0.05) is 65.7 Å². The Kier molecular flexibility index (Phi) is 5.38. The van der Waals surface area contributed by atoms with Crippen LogP contribution in [0.25, 0.3) is 0 Å². The molecule has 20 heavy (non-hydrogen) atoms. The third kappa shape index (κ3) is 3.31. The molecule has 1 unspecified atom stereocenters. The van der Waals surface area contributed by atoms with Gasteiger partial charge in [-0.15, -0.1) is 0 Å². The number of nitrogens with one attached hydrogen (secondary N) is 1. The third-order valence-electron chi connectivity index (χ3n) is 3.73. The zero-order chi connectivity index (χ0) is 14.5. The molecule has 0 aliphatic heterocycles. The molecule has 106 valence electrons. The van der Waals surface area contributed by atoms with E-state index in [0.29, 0.717) is 0 Å². The van der Waals surface area contributed by atoms with Crippen LogP contribution in [0.4, 0.5) is 0 Å². The largest absolute Gasteiger partial charge is 0.309 e. The van der Waals surface area contributed by atoms with Crippen LogP contribution in [-0.4, -0.2) is 7.05 Å². The summed E-state index contributed by atoms with van der Waals surface area (Å²) in [6.07, 6.45) is 2.32. The average molecular weight is 332 g/mol. The second kappa shape index (κ2) is 7.05. The molecule has 0 heterocycles. The highest BCUT2D eigenvalue weighted by molar-refractivity contribution is 9.10. The number of benzene rings is 2. The molecule has 1 atom stereocenters. The molecule has 0 radical (unpaired) electrons. The lowest BCUT2D eigenvalue weighted by molar-refractivity contribution is 0.685. The summed E-state index contributed by atoms with van der Waals surface area (Å²) in [5.41, 5.74) is 5.38. The van der Waals surface area contributed by atoms with Crippen molar-refractivity contribution in [2.75, 3.05) is 7.05 Å². The van der Waals surface area contributed by atoms with E-state index in [1.54, 1.807) is 0 Å². The minimum atomic E-state index is 0.240. The Balaban J connectivity index is 2.41. The highest BCUT2D eigenvalue weighted by Crippen LogP contribution is 2.29. The molecular weight excluding hydrogens is 310 g/mol. The highest BCUT2D eigenvalue weighted by Gasteiger charge is 2.15. The second-order valence-electron chi connectivity index (χ2n) is 5.17. The molecule has 0 aliphatic rings. The zero-order valence-corrected chi connectivity index (χ0v) is 14.0. The van der Waals surface area contributed by atoms with Gasteiger partial charge in [0.1, 0.15) is 0 Å². The smallest absolute Gasteiger partial charge is 0.0577 e. The fourth-order valence-corrected chi connectivity index (χ4v) is 3.04. The summed E-state index contributed by atoms with van der Waals surface area (Å²) in [5.74, 6) is 0. The van der Waals surface area contributed by atoms with E-state index in [1.807, 2.05) is 7.05 Å². The average Bonchev–Trinajstić information content (AvgIpc) is 2.45. The van der Waals surface area contributed by atoms with Gasteiger partial charge in [0, 0.05) is 4.47 Å². The molecule has 2 heteroatoms. The predicted molar refractivity (Wildman–Crippen MR) is 90.2 cm³/mol. The molecule has 0 aliphatic carbocycles. The second-order valence-corrected chi connectivity index (χ2v) is 6.03. The Morgan fingerprint density at radius 3 is 2.60 bits per heavy atom. The van der Waals surface area contributed by atoms with Gasteiger partial charge in [0.05, 0.1) is 6.04 Å². The number of rotatable bonds is 5. The molecule has 0 fully saturated rings. The Hall–Kier alpha value is -1.12. The highest BCUT2D eigenvalue weighted by atomic mass is 79.9. The normalized spacial score (nSPS) is 12.4. The maximum absolute atomic E-state index is 3.63. The van der Waals surface area contributed by atoms with Crippen molar-refractivity contribution in [3.63, 3.8) is 0 Å². The van der Waals surface area contributed by atoms with Crippen molar-refractivity contribution in [3.8, 4) is 0 Å². The van der Waals surface area contributed by atoms with Crippen LogP contribution >= 0.6 is 15.9 Å². The van der Waals surface area contributed by atoms with Crippen molar-refractivity contribution in [1.29, 1.82) is 0 Å². The van der Waals surface area contributed by atoms with E-state index in [9.17, 15) is 0 Å². The molecule has 2 aromatic carbocycles. The van der Waals surface area contributed by atoms with E-state index < -0.39 is 0 Å². The zero-order valence-electron chi connectivity index (χ0n) is 12.4. The lowest BCUT2D eigenvalue weighted by atomic mass is 9.93. The maximum Gasteiger partial charge on any atom is 0.0577 e. The van der Waals surface area contributed by atoms with Crippen LogP contribution in [0.2, 0.25) is 0 Å². The van der Waals surface area contributed by atoms with Crippen molar-refractivity contribution < 1.29 is 0 Å². The summed E-state index contributed by atoms with van der Waals surface area (Å²) in [5, 5.41) is 3.45. The van der Waals surface area contributed by atoms with Gasteiger partial charge >= 0.3 is 0 Å². The first-order chi connectivity index (χ1) is 9.67. The Bertz CT molecular complexity index is 577. The van der Waals surface area contributed by atoms with Crippen molar-refractivity contribution in [1.82, 2.24) is 5.32 Å². The van der Waals surface area contributed by atoms with Crippen molar-refractivity contribution in [2.45, 2.75) is 32.7 Å². The summed E-state index contributed by atoms with van der Waals surface area (Å²) in [7, 11) is 2.03. The topological polar surface area (TPSA) is 12.0 Å². The first kappa shape index (κ1) is 15.3. The van der Waals surface area contributed by atoms with Gasteiger partial charge in [-0.05, 0) is 48.7 Å². The predicted octanol–water partition coefficient (Wildman–Crippen LogP) is 5.02. The fourth-order valence-electron chi connectivity index (χ4n) is 2.66. The van der Waals surface area contributed by atoms with Gasteiger partial charge in [-0.25, -0.2) is 0 Å². The number of halogens is 1. The summed E-state index contributed by atoms with van der Waals surface area (Å²) in [6.45, 7) is 4.39. The molecule has 1 N–H and O–H groups in total.